The Hall–Kier alpha value is -3.70. The maximum Gasteiger partial charge on any atom is 0.326 e. The molecule has 0 N–H and O–H groups in total. The average molecular weight is 483 g/mol. The number of ether oxygens (including phenoxy) is 1. The smallest absolute Gasteiger partial charge is 0.326 e. The minimum atomic E-state index is -0.660. The normalized spacial score (nSPS) is 11.2. The number of carbonyl (C=O) groups excluding carboxylic acids is 1. The van der Waals surface area contributed by atoms with E-state index in [1.165, 1.54) is 39.6 Å². The molecule has 0 fully saturated rings. The van der Waals surface area contributed by atoms with E-state index in [1.54, 1.807) is 19.1 Å². The van der Waals surface area contributed by atoms with E-state index >= 15 is 0 Å². The maximum absolute atomic E-state index is 13.8. The first-order valence-corrected chi connectivity index (χ1v) is 11.5. The zero-order valence-corrected chi connectivity index (χ0v) is 18.8. The second-order valence-electron chi connectivity index (χ2n) is 7.12. The van der Waals surface area contributed by atoms with Crippen molar-refractivity contribution in [1.82, 2.24) is 19.7 Å². The Morgan fingerprint density at radius 1 is 1.27 bits per heavy atom. The quantitative estimate of drug-likeness (QED) is 0.330. The lowest BCUT2D eigenvalue weighted by atomic mass is 10.1. The summed E-state index contributed by atoms with van der Waals surface area (Å²) in [5.41, 5.74) is 1.44. The summed E-state index contributed by atoms with van der Waals surface area (Å²) in [4.78, 5) is 35.3. The first kappa shape index (κ1) is 21.2. The van der Waals surface area contributed by atoms with Gasteiger partial charge in [0.05, 0.1) is 11.7 Å². The predicted octanol–water partition coefficient (Wildman–Crippen LogP) is 4.43. The lowest BCUT2D eigenvalue weighted by molar-refractivity contribution is -0.146. The van der Waals surface area contributed by atoms with Crippen molar-refractivity contribution in [2.45, 2.75) is 20.1 Å². The van der Waals surface area contributed by atoms with Crippen molar-refractivity contribution < 1.29 is 18.4 Å². The number of thiophene rings is 2. The van der Waals surface area contributed by atoms with Gasteiger partial charge in [0.15, 0.2) is 6.61 Å². The Bertz CT molecular complexity index is 1520. The third-order valence-electron chi connectivity index (χ3n) is 4.90. The van der Waals surface area contributed by atoms with Gasteiger partial charge in [-0.15, -0.1) is 22.7 Å². The largest absolute Gasteiger partial charge is 0.454 e. The number of benzene rings is 1. The van der Waals surface area contributed by atoms with Gasteiger partial charge in [0.25, 0.3) is 11.4 Å². The summed E-state index contributed by atoms with van der Waals surface area (Å²) >= 11 is 2.90. The fourth-order valence-electron chi connectivity index (χ4n) is 3.18. The molecule has 0 spiro atoms. The van der Waals surface area contributed by atoms with Crippen LogP contribution in [0.15, 0.2) is 56.7 Å². The second-order valence-corrected chi connectivity index (χ2v) is 8.93. The van der Waals surface area contributed by atoms with Crippen molar-refractivity contribution in [2.75, 3.05) is 0 Å². The molecular weight excluding hydrogens is 467 g/mol. The lowest BCUT2D eigenvalue weighted by Gasteiger charge is -2.05. The fourth-order valence-corrected chi connectivity index (χ4v) is 4.90. The zero-order valence-electron chi connectivity index (χ0n) is 17.1. The molecular formula is C22H15FN4O4S2. The summed E-state index contributed by atoms with van der Waals surface area (Å²) in [6.07, 6.45) is 1.33. The summed E-state index contributed by atoms with van der Waals surface area (Å²) in [5, 5.41) is 8.09. The van der Waals surface area contributed by atoms with Crippen LogP contribution in [-0.2, 0) is 22.7 Å². The van der Waals surface area contributed by atoms with Crippen LogP contribution in [0.5, 0.6) is 0 Å². The predicted molar refractivity (Wildman–Crippen MR) is 121 cm³/mol. The molecule has 0 saturated carbocycles. The molecule has 0 aliphatic rings. The van der Waals surface area contributed by atoms with E-state index in [0.717, 1.165) is 10.4 Å². The average Bonchev–Trinajstić information content (AvgIpc) is 3.56. The van der Waals surface area contributed by atoms with Crippen LogP contribution in [0.3, 0.4) is 0 Å². The Morgan fingerprint density at radius 2 is 2.15 bits per heavy atom. The highest BCUT2D eigenvalue weighted by atomic mass is 32.1. The molecule has 4 heterocycles. The lowest BCUT2D eigenvalue weighted by Crippen LogP contribution is -2.25. The minimum Gasteiger partial charge on any atom is -0.454 e. The van der Waals surface area contributed by atoms with E-state index < -0.39 is 5.97 Å². The number of rotatable bonds is 6. The first-order chi connectivity index (χ1) is 16.0. The van der Waals surface area contributed by atoms with Gasteiger partial charge in [0.2, 0.25) is 5.82 Å². The molecule has 5 rings (SSSR count). The number of aromatic nitrogens is 4. The highest BCUT2D eigenvalue weighted by Gasteiger charge is 2.17. The van der Waals surface area contributed by atoms with E-state index in [1.807, 2.05) is 22.9 Å². The van der Waals surface area contributed by atoms with Crippen molar-refractivity contribution in [2.24, 2.45) is 0 Å². The SMILES string of the molecule is Cc1ccc(-c2noc(COC(=O)Cn3cnc4scc(-c5cccs5)c4c3=O)n2)cc1F. The summed E-state index contributed by atoms with van der Waals surface area (Å²) in [7, 11) is 0. The Morgan fingerprint density at radius 3 is 2.94 bits per heavy atom. The third kappa shape index (κ3) is 4.20. The third-order valence-corrected chi connectivity index (χ3v) is 6.69. The number of carbonyl (C=O) groups is 1. The van der Waals surface area contributed by atoms with Crippen LogP contribution in [0.25, 0.3) is 32.0 Å². The van der Waals surface area contributed by atoms with Gasteiger partial charge >= 0.3 is 5.97 Å². The molecule has 0 atom stereocenters. The van der Waals surface area contributed by atoms with Crippen LogP contribution in [-0.4, -0.2) is 25.7 Å². The summed E-state index contributed by atoms with van der Waals surface area (Å²) in [6.45, 7) is 1.06. The van der Waals surface area contributed by atoms with Gasteiger partial charge in [-0.2, -0.15) is 4.98 Å². The number of hydrogen-bond donors (Lipinski definition) is 0. The van der Waals surface area contributed by atoms with E-state index in [4.69, 9.17) is 9.26 Å². The molecule has 4 aromatic heterocycles. The number of aryl methyl sites for hydroxylation is 1. The van der Waals surface area contributed by atoms with Gasteiger partial charge in [-0.05, 0) is 30.0 Å². The summed E-state index contributed by atoms with van der Waals surface area (Å²) < 4.78 is 25.2. The van der Waals surface area contributed by atoms with E-state index in [-0.39, 0.29) is 36.2 Å². The molecule has 1 aromatic carbocycles. The van der Waals surface area contributed by atoms with E-state index in [9.17, 15) is 14.0 Å². The van der Waals surface area contributed by atoms with Crippen molar-refractivity contribution in [1.29, 1.82) is 0 Å². The highest BCUT2D eigenvalue weighted by molar-refractivity contribution is 7.18. The molecule has 0 aliphatic carbocycles. The Labute approximate surface area is 193 Å². The molecule has 0 saturated heterocycles. The molecule has 0 bridgehead atoms. The maximum atomic E-state index is 13.8. The molecule has 33 heavy (non-hydrogen) atoms. The van der Waals surface area contributed by atoms with Gasteiger partial charge in [0.1, 0.15) is 17.2 Å². The highest BCUT2D eigenvalue weighted by Crippen LogP contribution is 2.33. The summed E-state index contributed by atoms with van der Waals surface area (Å²) in [5.74, 6) is -0.802. The number of hydrogen-bond acceptors (Lipinski definition) is 9. The Kier molecular flexibility index (Phi) is 5.56. The molecule has 11 heteroatoms. The standard InChI is InChI=1S/C22H15FN4O4S2/c1-12-4-5-13(7-15(12)23)20-25-17(31-26-20)9-30-18(28)8-27-11-24-21-19(22(27)29)14(10-33-21)16-3-2-6-32-16/h2-7,10-11H,8-9H2,1H3. The first-order valence-electron chi connectivity index (χ1n) is 9.75. The molecule has 8 nitrogen and oxygen atoms in total. The number of halogens is 1. The molecule has 5 aromatic rings. The van der Waals surface area contributed by atoms with Crippen LogP contribution in [0.4, 0.5) is 4.39 Å². The fraction of sp³-hybridized carbons (Fsp3) is 0.136. The molecule has 0 radical (unpaired) electrons. The topological polar surface area (TPSA) is 100 Å². The molecule has 0 amide bonds. The van der Waals surface area contributed by atoms with Gasteiger partial charge in [0, 0.05) is 21.4 Å². The number of nitrogens with zero attached hydrogens (tertiary/aromatic N) is 4. The van der Waals surface area contributed by atoms with Crippen molar-refractivity contribution in [3.63, 3.8) is 0 Å². The van der Waals surface area contributed by atoms with Crippen LogP contribution < -0.4 is 5.56 Å². The van der Waals surface area contributed by atoms with E-state index in [2.05, 4.69) is 15.1 Å². The van der Waals surface area contributed by atoms with Gasteiger partial charge in [-0.3, -0.25) is 14.2 Å². The van der Waals surface area contributed by atoms with Crippen LogP contribution in [0, 0.1) is 12.7 Å². The zero-order chi connectivity index (χ0) is 22.9. The van der Waals surface area contributed by atoms with E-state index in [0.29, 0.717) is 21.3 Å². The molecule has 0 unspecified atom stereocenters. The number of esters is 1. The molecule has 166 valence electrons. The van der Waals surface area contributed by atoms with Gasteiger partial charge in [-0.25, -0.2) is 9.37 Å². The number of fused-ring (bicyclic) bond motifs is 1. The summed E-state index contributed by atoms with van der Waals surface area (Å²) in [6, 6.07) is 8.43. The second kappa shape index (κ2) is 8.68. The van der Waals surface area contributed by atoms with Crippen LogP contribution in [0.1, 0.15) is 11.5 Å². The minimum absolute atomic E-state index is 0.0538. The monoisotopic (exact) mass is 482 g/mol. The van der Waals surface area contributed by atoms with Gasteiger partial charge < -0.3 is 9.26 Å². The Balaban J connectivity index is 1.29. The van der Waals surface area contributed by atoms with Crippen molar-refractivity contribution in [3.8, 4) is 21.8 Å². The van der Waals surface area contributed by atoms with Gasteiger partial charge in [-0.1, -0.05) is 23.4 Å². The van der Waals surface area contributed by atoms with Crippen molar-refractivity contribution >= 4 is 38.9 Å². The molecule has 0 aliphatic heterocycles. The van der Waals surface area contributed by atoms with Crippen LogP contribution in [0.2, 0.25) is 0 Å². The van der Waals surface area contributed by atoms with Crippen molar-refractivity contribution in [3.05, 3.63) is 75.0 Å². The van der Waals surface area contributed by atoms with Crippen LogP contribution >= 0.6 is 22.7 Å².